The Morgan fingerprint density at radius 1 is 0.833 bits per heavy atom. The lowest BCUT2D eigenvalue weighted by atomic mass is 10.0. The van der Waals surface area contributed by atoms with Gasteiger partial charge in [0, 0.05) is 25.4 Å². The van der Waals surface area contributed by atoms with Gasteiger partial charge < -0.3 is 19.5 Å². The maximum atomic E-state index is 14.3. The molecule has 210 valence electrons. The number of carbonyl (C=O) groups excluding carboxylic acids is 1. The number of carboxylic acid groups (broad SMARTS) is 1. The van der Waals surface area contributed by atoms with Crippen molar-refractivity contribution in [1.82, 2.24) is 19.4 Å². The van der Waals surface area contributed by atoms with Gasteiger partial charge in [-0.25, -0.2) is 19.6 Å². The Morgan fingerprint density at radius 2 is 1.45 bits per heavy atom. The largest absolute Gasteiger partial charge is 0.480 e. The quantitative estimate of drug-likeness (QED) is 0.297. The average molecular weight is 559 g/mol. The molecule has 7 rings (SSSR count). The number of aromatic nitrogens is 3. The number of rotatable bonds is 5. The second-order valence-electron chi connectivity index (χ2n) is 10.8. The van der Waals surface area contributed by atoms with Crippen LogP contribution in [0.4, 0.5) is 22.1 Å². The van der Waals surface area contributed by atoms with Crippen molar-refractivity contribution in [3.8, 4) is 11.3 Å². The first-order valence-electron chi connectivity index (χ1n) is 14.1. The Balaban J connectivity index is 1.29. The first kappa shape index (κ1) is 25.8. The number of piperazine rings is 1. The molecule has 0 unspecified atom stereocenters. The minimum Gasteiger partial charge on any atom is -0.480 e. The molecule has 9 heteroatoms. The highest BCUT2D eigenvalue weighted by atomic mass is 16.4. The summed E-state index contributed by atoms with van der Waals surface area (Å²) in [5.41, 5.74) is 4.83. The zero-order chi connectivity index (χ0) is 28.8. The Bertz CT molecular complexity index is 1720. The van der Waals surface area contributed by atoms with Gasteiger partial charge in [0.15, 0.2) is 6.04 Å². The monoisotopic (exact) mass is 558 g/mol. The number of amides is 2. The molecule has 2 saturated heterocycles. The van der Waals surface area contributed by atoms with Crippen molar-refractivity contribution in [2.24, 2.45) is 7.05 Å². The summed E-state index contributed by atoms with van der Waals surface area (Å²) < 4.78 is 2.01. The van der Waals surface area contributed by atoms with Gasteiger partial charge in [0.2, 0.25) is 5.95 Å². The minimum atomic E-state index is -1.07. The Labute approximate surface area is 243 Å². The van der Waals surface area contributed by atoms with Crippen molar-refractivity contribution in [2.75, 3.05) is 16.3 Å². The van der Waals surface area contributed by atoms with Crippen LogP contribution >= 0.6 is 0 Å². The van der Waals surface area contributed by atoms with E-state index in [1.165, 1.54) is 4.90 Å². The number of aryl methyl sites for hydroxylation is 1. The number of urea groups is 1. The fourth-order valence-corrected chi connectivity index (χ4v) is 6.50. The number of nitrogens with zero attached hydrogens (tertiary/aromatic N) is 6. The van der Waals surface area contributed by atoms with Crippen molar-refractivity contribution in [1.29, 1.82) is 0 Å². The topological polar surface area (TPSA) is 94.8 Å². The minimum absolute atomic E-state index is 0.118. The SMILES string of the molecule is Cn1ccc2nc(N3[C@H]4CC[C@@H]3[C@@H](C(=O)O)N(C(=O)N(c3ccccc3)c3ccccc3)C4)nc(-c3ccccc3)c21. The molecule has 2 bridgehead atoms. The molecule has 42 heavy (non-hydrogen) atoms. The smallest absolute Gasteiger partial charge is 0.329 e. The summed E-state index contributed by atoms with van der Waals surface area (Å²) in [5, 5.41) is 10.6. The first-order chi connectivity index (χ1) is 20.5. The van der Waals surface area contributed by atoms with Crippen molar-refractivity contribution in [3.63, 3.8) is 0 Å². The van der Waals surface area contributed by atoms with E-state index in [1.54, 1.807) is 4.90 Å². The van der Waals surface area contributed by atoms with Gasteiger partial charge in [-0.05, 0) is 43.2 Å². The lowest BCUT2D eigenvalue weighted by molar-refractivity contribution is -0.143. The normalized spacial score (nSPS) is 19.7. The second kappa shape index (κ2) is 10.3. The zero-order valence-electron chi connectivity index (χ0n) is 23.1. The Kier molecular flexibility index (Phi) is 6.34. The Morgan fingerprint density at radius 3 is 2.07 bits per heavy atom. The Hall–Kier alpha value is -5.18. The number of anilines is 3. The van der Waals surface area contributed by atoms with Crippen molar-refractivity contribution in [2.45, 2.75) is 31.0 Å². The third kappa shape index (κ3) is 4.25. The molecule has 3 aromatic carbocycles. The van der Waals surface area contributed by atoms with Crippen LogP contribution in [0.3, 0.4) is 0 Å². The number of likely N-dealkylation sites (tertiary alicyclic amines) is 1. The van der Waals surface area contributed by atoms with Gasteiger partial charge in [-0.2, -0.15) is 0 Å². The van der Waals surface area contributed by atoms with E-state index in [9.17, 15) is 14.7 Å². The standard InChI is InChI=1S/C33H30N6O3/c1-36-20-19-26-29(36)28(22-11-5-2-6-12-22)35-32(34-26)39-25-17-18-27(39)30(31(40)41)37(21-25)33(42)38(23-13-7-3-8-14-23)24-15-9-4-10-16-24/h2-16,19-20,25,27,30H,17-18,21H2,1H3,(H,40,41)/t25-,27+,30-/m0/s1. The van der Waals surface area contributed by atoms with E-state index in [1.807, 2.05) is 115 Å². The van der Waals surface area contributed by atoms with Crippen molar-refractivity contribution in [3.05, 3.63) is 103 Å². The predicted molar refractivity (Wildman–Crippen MR) is 162 cm³/mol. The van der Waals surface area contributed by atoms with Gasteiger partial charge in [0.05, 0.1) is 34.5 Å². The fourth-order valence-electron chi connectivity index (χ4n) is 6.50. The van der Waals surface area contributed by atoms with Gasteiger partial charge in [-0.15, -0.1) is 0 Å². The van der Waals surface area contributed by atoms with Gasteiger partial charge >= 0.3 is 12.0 Å². The first-order valence-corrected chi connectivity index (χ1v) is 14.1. The van der Waals surface area contributed by atoms with E-state index >= 15 is 0 Å². The van der Waals surface area contributed by atoms with Gasteiger partial charge in [-0.3, -0.25) is 4.90 Å². The van der Waals surface area contributed by atoms with Crippen molar-refractivity contribution >= 4 is 40.4 Å². The van der Waals surface area contributed by atoms with Crippen LogP contribution in [0, 0.1) is 0 Å². The van der Waals surface area contributed by atoms with E-state index in [0.29, 0.717) is 23.7 Å². The van der Waals surface area contributed by atoms with Crippen LogP contribution < -0.4 is 9.80 Å². The number of benzene rings is 3. The number of fused-ring (bicyclic) bond motifs is 3. The molecule has 3 atom stereocenters. The van der Waals surface area contributed by atoms with Crippen LogP contribution in [0.5, 0.6) is 0 Å². The van der Waals surface area contributed by atoms with Crippen LogP contribution in [-0.4, -0.2) is 61.2 Å². The highest BCUT2D eigenvalue weighted by Crippen LogP contribution is 2.40. The molecule has 2 fully saturated rings. The van der Waals surface area contributed by atoms with E-state index in [0.717, 1.165) is 28.7 Å². The van der Waals surface area contributed by atoms with Crippen LogP contribution in [0.2, 0.25) is 0 Å². The molecule has 2 aromatic heterocycles. The summed E-state index contributed by atoms with van der Waals surface area (Å²) in [6.45, 7) is 0.249. The number of aliphatic carboxylic acids is 1. The number of carbonyl (C=O) groups is 2. The molecule has 2 amide bonds. The highest BCUT2D eigenvalue weighted by Gasteiger charge is 2.53. The van der Waals surface area contributed by atoms with E-state index < -0.39 is 18.1 Å². The average Bonchev–Trinajstić information content (AvgIpc) is 3.55. The highest BCUT2D eigenvalue weighted by molar-refractivity contribution is 6.01. The maximum Gasteiger partial charge on any atom is 0.329 e. The lowest BCUT2D eigenvalue weighted by Crippen LogP contribution is -2.65. The second-order valence-corrected chi connectivity index (χ2v) is 10.8. The number of hydrogen-bond donors (Lipinski definition) is 1. The summed E-state index contributed by atoms with van der Waals surface area (Å²) in [6, 6.07) is 28.6. The maximum absolute atomic E-state index is 14.3. The van der Waals surface area contributed by atoms with E-state index in [4.69, 9.17) is 9.97 Å². The number of para-hydroxylation sites is 2. The van der Waals surface area contributed by atoms with Crippen LogP contribution in [0.1, 0.15) is 12.8 Å². The molecular weight excluding hydrogens is 528 g/mol. The van der Waals surface area contributed by atoms with Gasteiger partial charge in [-0.1, -0.05) is 66.7 Å². The fraction of sp³-hybridized carbons (Fsp3) is 0.212. The number of hydrogen-bond acceptors (Lipinski definition) is 5. The van der Waals surface area contributed by atoms with Crippen LogP contribution in [0.15, 0.2) is 103 Å². The lowest BCUT2D eigenvalue weighted by Gasteiger charge is -2.46. The molecule has 2 aliphatic rings. The van der Waals surface area contributed by atoms with Gasteiger partial charge in [0.1, 0.15) is 5.69 Å². The third-order valence-corrected chi connectivity index (χ3v) is 8.36. The summed E-state index contributed by atoms with van der Waals surface area (Å²) in [4.78, 5) is 42.4. The molecule has 5 aromatic rings. The predicted octanol–water partition coefficient (Wildman–Crippen LogP) is 5.70. The molecule has 2 aliphatic heterocycles. The van der Waals surface area contributed by atoms with Crippen molar-refractivity contribution < 1.29 is 14.7 Å². The molecule has 4 heterocycles. The molecule has 0 spiro atoms. The molecule has 1 N–H and O–H groups in total. The van der Waals surface area contributed by atoms with Crippen LogP contribution in [0.25, 0.3) is 22.3 Å². The molecular formula is C33H30N6O3. The molecule has 0 saturated carbocycles. The van der Waals surface area contributed by atoms with Crippen LogP contribution in [-0.2, 0) is 11.8 Å². The van der Waals surface area contributed by atoms with E-state index in [-0.39, 0.29) is 18.6 Å². The molecule has 0 radical (unpaired) electrons. The molecule has 0 aliphatic carbocycles. The van der Waals surface area contributed by atoms with Gasteiger partial charge in [0.25, 0.3) is 0 Å². The third-order valence-electron chi connectivity index (χ3n) is 8.36. The van der Waals surface area contributed by atoms with E-state index in [2.05, 4.69) is 4.90 Å². The summed E-state index contributed by atoms with van der Waals surface area (Å²) in [7, 11) is 1.97. The summed E-state index contributed by atoms with van der Waals surface area (Å²) in [5.74, 6) is -0.537. The number of carboxylic acids is 1. The summed E-state index contributed by atoms with van der Waals surface area (Å²) in [6.07, 6.45) is 3.33. The molecule has 9 nitrogen and oxygen atoms in total. The summed E-state index contributed by atoms with van der Waals surface area (Å²) >= 11 is 0. The zero-order valence-corrected chi connectivity index (χ0v) is 23.1.